The Morgan fingerprint density at radius 1 is 1.62 bits per heavy atom. The van der Waals surface area contributed by atoms with Gasteiger partial charge >= 0.3 is 5.97 Å². The second-order valence-corrected chi connectivity index (χ2v) is 3.64. The summed E-state index contributed by atoms with van der Waals surface area (Å²) in [6.45, 7) is 3.66. The normalized spacial score (nSPS) is 14.1. The molecule has 16 heavy (non-hydrogen) atoms. The van der Waals surface area contributed by atoms with Crippen molar-refractivity contribution in [2.75, 3.05) is 0 Å². The molecule has 1 heterocycles. The number of carboxylic acid groups (broad SMARTS) is 1. The summed E-state index contributed by atoms with van der Waals surface area (Å²) in [5, 5.41) is 11.4. The van der Waals surface area contributed by atoms with Crippen LogP contribution in [0.4, 0.5) is 0 Å². The molecule has 0 saturated carbocycles. The van der Waals surface area contributed by atoms with Crippen molar-refractivity contribution in [1.82, 2.24) is 15.3 Å². The molecule has 0 bridgehead atoms. The molecular formula is C10H15N3O3. The van der Waals surface area contributed by atoms with Crippen LogP contribution in [0.2, 0.25) is 0 Å². The number of hydrogen-bond donors (Lipinski definition) is 3. The number of carbonyl (C=O) groups is 2. The van der Waals surface area contributed by atoms with Gasteiger partial charge in [-0.1, -0.05) is 20.3 Å². The number of carbonyl (C=O) groups excluding carboxylic acids is 1. The van der Waals surface area contributed by atoms with Crippen molar-refractivity contribution >= 4 is 11.9 Å². The van der Waals surface area contributed by atoms with Crippen LogP contribution in [-0.4, -0.2) is 33.0 Å². The number of nitrogens with one attached hydrogen (secondary N) is 2. The third kappa shape index (κ3) is 2.82. The molecule has 0 fully saturated rings. The van der Waals surface area contributed by atoms with E-state index < -0.39 is 17.9 Å². The molecule has 0 aromatic carbocycles. The van der Waals surface area contributed by atoms with Crippen molar-refractivity contribution in [3.63, 3.8) is 0 Å². The lowest BCUT2D eigenvalue weighted by Crippen LogP contribution is -2.45. The van der Waals surface area contributed by atoms with Gasteiger partial charge in [0.25, 0.3) is 5.91 Å². The molecule has 3 N–H and O–H groups in total. The first-order chi connectivity index (χ1) is 7.56. The lowest BCUT2D eigenvalue weighted by molar-refractivity contribution is -0.140. The largest absolute Gasteiger partial charge is 0.480 e. The minimum absolute atomic E-state index is 0.121. The quantitative estimate of drug-likeness (QED) is 0.685. The van der Waals surface area contributed by atoms with E-state index in [1.54, 1.807) is 6.92 Å². The minimum Gasteiger partial charge on any atom is -0.480 e. The fraction of sp³-hybridized carbons (Fsp3) is 0.500. The van der Waals surface area contributed by atoms with E-state index in [2.05, 4.69) is 15.3 Å². The summed E-state index contributed by atoms with van der Waals surface area (Å²) in [6.07, 6.45) is 3.40. The highest BCUT2D eigenvalue weighted by Crippen LogP contribution is 2.08. The SMILES string of the molecule is CCC(C)[C@H](NC(=O)c1cnc[nH]1)C(=O)O. The van der Waals surface area contributed by atoms with Crippen LogP contribution >= 0.6 is 0 Å². The summed E-state index contributed by atoms with van der Waals surface area (Å²) in [6, 6.07) is -0.874. The maximum Gasteiger partial charge on any atom is 0.326 e. The second-order valence-electron chi connectivity index (χ2n) is 3.64. The smallest absolute Gasteiger partial charge is 0.326 e. The molecule has 0 aliphatic carbocycles. The van der Waals surface area contributed by atoms with Gasteiger partial charge in [-0.05, 0) is 5.92 Å². The number of carboxylic acids is 1. The Morgan fingerprint density at radius 3 is 2.75 bits per heavy atom. The molecule has 0 spiro atoms. The van der Waals surface area contributed by atoms with E-state index in [4.69, 9.17) is 5.11 Å². The molecule has 2 atom stereocenters. The van der Waals surface area contributed by atoms with Gasteiger partial charge in [0.2, 0.25) is 0 Å². The van der Waals surface area contributed by atoms with Gasteiger partial charge in [0.05, 0.1) is 12.5 Å². The Hall–Kier alpha value is -1.85. The summed E-state index contributed by atoms with van der Waals surface area (Å²) < 4.78 is 0. The number of rotatable bonds is 5. The van der Waals surface area contributed by atoms with Crippen LogP contribution in [0, 0.1) is 5.92 Å². The molecule has 0 radical (unpaired) electrons. The topological polar surface area (TPSA) is 95.1 Å². The van der Waals surface area contributed by atoms with Crippen molar-refractivity contribution in [2.24, 2.45) is 5.92 Å². The Morgan fingerprint density at radius 2 is 2.31 bits per heavy atom. The first-order valence-electron chi connectivity index (χ1n) is 5.08. The molecule has 88 valence electrons. The van der Waals surface area contributed by atoms with Crippen molar-refractivity contribution in [3.05, 3.63) is 18.2 Å². The van der Waals surface area contributed by atoms with Gasteiger partial charge in [0, 0.05) is 0 Å². The number of imidazole rings is 1. The zero-order valence-electron chi connectivity index (χ0n) is 9.23. The van der Waals surface area contributed by atoms with E-state index in [1.165, 1.54) is 12.5 Å². The summed E-state index contributed by atoms with van der Waals surface area (Å²) >= 11 is 0. The van der Waals surface area contributed by atoms with Gasteiger partial charge in [-0.3, -0.25) is 4.79 Å². The molecule has 0 saturated heterocycles. The molecule has 1 aromatic rings. The first kappa shape index (κ1) is 12.2. The number of hydrogen-bond acceptors (Lipinski definition) is 3. The van der Waals surface area contributed by atoms with Crippen LogP contribution in [0.3, 0.4) is 0 Å². The van der Waals surface area contributed by atoms with Crippen LogP contribution in [0.15, 0.2) is 12.5 Å². The molecule has 1 aromatic heterocycles. The van der Waals surface area contributed by atoms with Crippen LogP contribution in [0.1, 0.15) is 30.8 Å². The molecule has 6 heteroatoms. The van der Waals surface area contributed by atoms with Gasteiger partial charge in [-0.15, -0.1) is 0 Å². The van der Waals surface area contributed by atoms with Crippen LogP contribution < -0.4 is 5.32 Å². The Kier molecular flexibility index (Phi) is 4.04. The summed E-state index contributed by atoms with van der Waals surface area (Å²) in [7, 11) is 0. The van der Waals surface area contributed by atoms with Gasteiger partial charge in [0.15, 0.2) is 0 Å². The predicted molar refractivity (Wildman–Crippen MR) is 56.9 cm³/mol. The standard InChI is InChI=1S/C10H15N3O3/c1-3-6(2)8(10(15)16)13-9(14)7-4-11-5-12-7/h4-6,8H,3H2,1-2H3,(H,11,12)(H,13,14)(H,15,16)/t6?,8-/m0/s1. The Labute approximate surface area is 93.1 Å². The van der Waals surface area contributed by atoms with Gasteiger partial charge in [-0.25, -0.2) is 9.78 Å². The predicted octanol–water partition coefficient (Wildman–Crippen LogP) is 0.639. The highest BCUT2D eigenvalue weighted by atomic mass is 16.4. The highest BCUT2D eigenvalue weighted by Gasteiger charge is 2.25. The van der Waals surface area contributed by atoms with Crippen molar-refractivity contribution in [1.29, 1.82) is 0 Å². The number of H-pyrrole nitrogens is 1. The number of amides is 1. The van der Waals surface area contributed by atoms with E-state index in [-0.39, 0.29) is 11.6 Å². The average Bonchev–Trinajstić information content (AvgIpc) is 2.77. The van der Waals surface area contributed by atoms with E-state index in [1.807, 2.05) is 6.92 Å². The van der Waals surface area contributed by atoms with Crippen LogP contribution in [-0.2, 0) is 4.79 Å². The van der Waals surface area contributed by atoms with Crippen LogP contribution in [0.25, 0.3) is 0 Å². The zero-order chi connectivity index (χ0) is 12.1. The summed E-state index contributed by atoms with van der Waals surface area (Å²) in [5.74, 6) is -1.60. The fourth-order valence-electron chi connectivity index (χ4n) is 1.28. The molecule has 0 aliphatic rings. The van der Waals surface area contributed by atoms with E-state index >= 15 is 0 Å². The van der Waals surface area contributed by atoms with Crippen molar-refractivity contribution < 1.29 is 14.7 Å². The van der Waals surface area contributed by atoms with Crippen LogP contribution in [0.5, 0.6) is 0 Å². The van der Waals surface area contributed by atoms with Crippen molar-refractivity contribution in [3.8, 4) is 0 Å². The molecule has 6 nitrogen and oxygen atoms in total. The molecule has 1 rings (SSSR count). The summed E-state index contributed by atoms with van der Waals surface area (Å²) in [4.78, 5) is 28.9. The van der Waals surface area contributed by atoms with Crippen molar-refractivity contribution in [2.45, 2.75) is 26.3 Å². The summed E-state index contributed by atoms with van der Waals surface area (Å²) in [5.41, 5.74) is 0.259. The third-order valence-electron chi connectivity index (χ3n) is 2.51. The van der Waals surface area contributed by atoms with Gasteiger partial charge in [-0.2, -0.15) is 0 Å². The first-order valence-corrected chi connectivity index (χ1v) is 5.08. The number of nitrogens with zero attached hydrogens (tertiary/aromatic N) is 1. The molecular weight excluding hydrogens is 210 g/mol. The Balaban J connectivity index is 2.69. The monoisotopic (exact) mass is 225 g/mol. The second kappa shape index (κ2) is 5.29. The van der Waals surface area contributed by atoms with E-state index in [0.29, 0.717) is 6.42 Å². The number of aromatic nitrogens is 2. The molecule has 1 unspecified atom stereocenters. The highest BCUT2D eigenvalue weighted by molar-refractivity contribution is 5.94. The van der Waals surface area contributed by atoms with E-state index in [0.717, 1.165) is 0 Å². The lowest BCUT2D eigenvalue weighted by atomic mass is 9.99. The molecule has 0 aliphatic heterocycles. The third-order valence-corrected chi connectivity index (χ3v) is 2.51. The maximum atomic E-state index is 11.6. The van der Waals surface area contributed by atoms with Gasteiger partial charge < -0.3 is 15.4 Å². The Bertz CT molecular complexity index is 361. The zero-order valence-corrected chi connectivity index (χ0v) is 9.23. The van der Waals surface area contributed by atoms with E-state index in [9.17, 15) is 9.59 Å². The molecule has 1 amide bonds. The lowest BCUT2D eigenvalue weighted by Gasteiger charge is -2.19. The maximum absolute atomic E-state index is 11.6. The number of aromatic amines is 1. The minimum atomic E-state index is -1.03. The van der Waals surface area contributed by atoms with Gasteiger partial charge in [0.1, 0.15) is 11.7 Å². The average molecular weight is 225 g/mol. The fourth-order valence-corrected chi connectivity index (χ4v) is 1.28. The number of aliphatic carboxylic acids is 1.